The Morgan fingerprint density at radius 2 is 1.75 bits per heavy atom. The first-order valence-corrected chi connectivity index (χ1v) is 11.5. The number of nitrogens with one attached hydrogen (secondary N) is 1. The van der Waals surface area contributed by atoms with Crippen LogP contribution in [-0.4, -0.2) is 29.7 Å². The van der Waals surface area contributed by atoms with Crippen molar-refractivity contribution in [1.82, 2.24) is 4.90 Å². The normalized spacial score (nSPS) is 26.4. The summed E-state index contributed by atoms with van der Waals surface area (Å²) in [5.74, 6) is -0.355. The molecule has 2 bridgehead atoms. The number of hydrogen-bond donors (Lipinski definition) is 1. The van der Waals surface area contributed by atoms with Gasteiger partial charge in [-0.25, -0.2) is 0 Å². The van der Waals surface area contributed by atoms with Gasteiger partial charge in [0.1, 0.15) is 5.75 Å². The highest BCUT2D eigenvalue weighted by Crippen LogP contribution is 2.54. The van der Waals surface area contributed by atoms with Crippen LogP contribution in [0.25, 0.3) is 0 Å². The molecule has 0 aromatic heterocycles. The Labute approximate surface area is 194 Å². The second kappa shape index (κ2) is 8.20. The highest BCUT2D eigenvalue weighted by molar-refractivity contribution is 9.10. The van der Waals surface area contributed by atoms with Crippen LogP contribution in [0, 0.1) is 23.7 Å². The minimum Gasteiger partial charge on any atom is -0.497 e. The zero-order valence-corrected chi connectivity index (χ0v) is 19.1. The molecule has 3 aliphatic rings. The Kier molecular flexibility index (Phi) is 5.37. The fourth-order valence-electron chi connectivity index (χ4n) is 5.36. The lowest BCUT2D eigenvalue weighted by Crippen LogP contribution is -2.38. The number of amides is 3. The standard InChI is InChI=1S/C25H23BrN2O4/c1-32-19-4-2-3-14(12-19)20(13-21(29)27-18-9-7-17(26)8-10-18)28-24(30)22-15-5-6-16(11-15)23(22)25(28)31/h2-10,12,15-16,20,22-23H,11,13H2,1H3,(H,27,29). The summed E-state index contributed by atoms with van der Waals surface area (Å²) in [6.45, 7) is 0. The van der Waals surface area contributed by atoms with E-state index in [1.54, 1.807) is 31.4 Å². The molecule has 2 aliphatic carbocycles. The number of imide groups is 1. The van der Waals surface area contributed by atoms with Crippen LogP contribution in [0.1, 0.15) is 24.4 Å². The summed E-state index contributed by atoms with van der Waals surface area (Å²) < 4.78 is 6.26. The van der Waals surface area contributed by atoms with Gasteiger partial charge in [-0.05, 0) is 60.2 Å². The average Bonchev–Trinajstić information content (AvgIpc) is 3.48. The number of rotatable bonds is 6. The fraction of sp³-hybridized carbons (Fsp3) is 0.320. The van der Waals surface area contributed by atoms with Crippen LogP contribution in [-0.2, 0) is 14.4 Å². The smallest absolute Gasteiger partial charge is 0.234 e. The minimum atomic E-state index is -0.689. The van der Waals surface area contributed by atoms with Crippen molar-refractivity contribution in [2.24, 2.45) is 23.7 Å². The van der Waals surface area contributed by atoms with Crippen molar-refractivity contribution >= 4 is 39.3 Å². The molecular formula is C25H23BrN2O4. The maximum atomic E-state index is 13.4. The molecule has 2 aromatic rings. The van der Waals surface area contributed by atoms with E-state index in [4.69, 9.17) is 4.74 Å². The molecular weight excluding hydrogens is 472 g/mol. The van der Waals surface area contributed by atoms with Crippen molar-refractivity contribution in [3.63, 3.8) is 0 Å². The lowest BCUT2D eigenvalue weighted by atomic mass is 9.85. The number of nitrogens with zero attached hydrogens (tertiary/aromatic N) is 1. The molecule has 5 unspecified atom stereocenters. The SMILES string of the molecule is COc1cccc(C(CC(=O)Nc2ccc(Br)cc2)N2C(=O)C3C4C=CC(C4)C3C2=O)c1. The van der Waals surface area contributed by atoms with Crippen LogP contribution in [0.2, 0.25) is 0 Å². The molecule has 7 heteroatoms. The molecule has 5 atom stereocenters. The van der Waals surface area contributed by atoms with Crippen molar-refractivity contribution in [1.29, 1.82) is 0 Å². The van der Waals surface area contributed by atoms with Gasteiger partial charge in [-0.2, -0.15) is 0 Å². The number of hydrogen-bond acceptors (Lipinski definition) is 4. The maximum Gasteiger partial charge on any atom is 0.234 e. The lowest BCUT2D eigenvalue weighted by Gasteiger charge is -2.28. The van der Waals surface area contributed by atoms with E-state index in [2.05, 4.69) is 33.4 Å². The quantitative estimate of drug-likeness (QED) is 0.478. The maximum absolute atomic E-state index is 13.4. The molecule has 5 rings (SSSR count). The molecule has 32 heavy (non-hydrogen) atoms. The van der Waals surface area contributed by atoms with Gasteiger partial charge in [0.15, 0.2) is 0 Å². The number of carbonyl (C=O) groups excluding carboxylic acids is 3. The van der Waals surface area contributed by atoms with Gasteiger partial charge in [0.05, 0.1) is 31.4 Å². The third kappa shape index (κ3) is 3.54. The average molecular weight is 495 g/mol. The summed E-state index contributed by atoms with van der Waals surface area (Å²) in [6, 6.07) is 13.8. The minimum absolute atomic E-state index is 0.0249. The number of fused-ring (bicyclic) bond motifs is 5. The van der Waals surface area contributed by atoms with Gasteiger partial charge in [-0.15, -0.1) is 0 Å². The van der Waals surface area contributed by atoms with Crippen molar-refractivity contribution in [2.45, 2.75) is 18.9 Å². The van der Waals surface area contributed by atoms with Crippen LogP contribution in [0.5, 0.6) is 5.75 Å². The Bertz CT molecular complexity index is 1080. The van der Waals surface area contributed by atoms with Crippen molar-refractivity contribution < 1.29 is 19.1 Å². The predicted molar refractivity (Wildman–Crippen MR) is 123 cm³/mol. The highest BCUT2D eigenvalue weighted by Gasteiger charge is 2.60. The van der Waals surface area contributed by atoms with Gasteiger partial charge in [-0.3, -0.25) is 19.3 Å². The van der Waals surface area contributed by atoms with E-state index in [1.165, 1.54) is 4.90 Å². The zero-order valence-electron chi connectivity index (χ0n) is 17.5. The molecule has 0 spiro atoms. The first-order chi connectivity index (χ1) is 15.5. The first kappa shape index (κ1) is 20.9. The second-order valence-corrected chi connectivity index (χ2v) is 9.51. The third-order valence-electron chi connectivity index (χ3n) is 6.80. The number of likely N-dealkylation sites (tertiary alicyclic amines) is 1. The highest BCUT2D eigenvalue weighted by atomic mass is 79.9. The Morgan fingerprint density at radius 3 is 2.38 bits per heavy atom. The van der Waals surface area contributed by atoms with Gasteiger partial charge in [-0.1, -0.05) is 40.2 Å². The van der Waals surface area contributed by atoms with E-state index in [-0.39, 0.29) is 47.8 Å². The summed E-state index contributed by atoms with van der Waals surface area (Å²) in [7, 11) is 1.56. The van der Waals surface area contributed by atoms with E-state index >= 15 is 0 Å². The summed E-state index contributed by atoms with van der Waals surface area (Å²) >= 11 is 3.38. The monoisotopic (exact) mass is 494 g/mol. The van der Waals surface area contributed by atoms with Crippen molar-refractivity contribution in [3.8, 4) is 5.75 Å². The molecule has 6 nitrogen and oxygen atoms in total. The molecule has 1 saturated carbocycles. The van der Waals surface area contributed by atoms with Crippen LogP contribution in [0.15, 0.2) is 65.2 Å². The van der Waals surface area contributed by atoms with Gasteiger partial charge in [0, 0.05) is 10.2 Å². The number of anilines is 1. The number of carbonyl (C=O) groups is 3. The van der Waals surface area contributed by atoms with Crippen LogP contribution in [0.3, 0.4) is 0 Å². The topological polar surface area (TPSA) is 75.7 Å². The van der Waals surface area contributed by atoms with E-state index in [9.17, 15) is 14.4 Å². The van der Waals surface area contributed by atoms with E-state index < -0.39 is 6.04 Å². The zero-order chi connectivity index (χ0) is 22.4. The van der Waals surface area contributed by atoms with Gasteiger partial charge >= 0.3 is 0 Å². The van der Waals surface area contributed by atoms with Crippen LogP contribution < -0.4 is 10.1 Å². The van der Waals surface area contributed by atoms with E-state index in [0.717, 1.165) is 10.9 Å². The molecule has 1 aliphatic heterocycles. The molecule has 164 valence electrons. The number of methoxy groups -OCH3 is 1. The largest absolute Gasteiger partial charge is 0.497 e. The van der Waals surface area contributed by atoms with E-state index in [1.807, 2.05) is 24.3 Å². The van der Waals surface area contributed by atoms with Gasteiger partial charge < -0.3 is 10.1 Å². The number of allylic oxidation sites excluding steroid dienone is 2. The Hall–Kier alpha value is -2.93. The Balaban J connectivity index is 1.45. The molecule has 2 fully saturated rings. The first-order valence-electron chi connectivity index (χ1n) is 10.7. The second-order valence-electron chi connectivity index (χ2n) is 8.60. The summed E-state index contributed by atoms with van der Waals surface area (Å²) in [6.07, 6.45) is 4.99. The molecule has 2 aromatic carbocycles. The molecule has 0 radical (unpaired) electrons. The van der Waals surface area contributed by atoms with Gasteiger partial charge in [0.25, 0.3) is 0 Å². The third-order valence-corrected chi connectivity index (χ3v) is 7.33. The fourth-order valence-corrected chi connectivity index (χ4v) is 5.62. The lowest BCUT2D eigenvalue weighted by molar-refractivity contribution is -0.144. The molecule has 1 heterocycles. The summed E-state index contributed by atoms with van der Waals surface area (Å²) in [5.41, 5.74) is 1.36. The number of ether oxygens (including phenoxy) is 1. The number of halogens is 1. The number of benzene rings is 2. The van der Waals surface area contributed by atoms with Crippen molar-refractivity contribution in [3.05, 3.63) is 70.7 Å². The molecule has 1 N–H and O–H groups in total. The van der Waals surface area contributed by atoms with Crippen LogP contribution in [0.4, 0.5) is 5.69 Å². The van der Waals surface area contributed by atoms with Crippen molar-refractivity contribution in [2.75, 3.05) is 12.4 Å². The Morgan fingerprint density at radius 1 is 1.09 bits per heavy atom. The van der Waals surface area contributed by atoms with E-state index in [0.29, 0.717) is 17.0 Å². The van der Waals surface area contributed by atoms with Crippen LogP contribution >= 0.6 is 15.9 Å². The molecule has 1 saturated heterocycles. The predicted octanol–water partition coefficient (Wildman–Crippen LogP) is 4.33. The molecule has 3 amide bonds. The summed E-state index contributed by atoms with van der Waals surface area (Å²) in [4.78, 5) is 41.2. The van der Waals surface area contributed by atoms with Gasteiger partial charge in [0.2, 0.25) is 17.7 Å². The summed E-state index contributed by atoms with van der Waals surface area (Å²) in [5, 5.41) is 2.88.